The Hall–Kier alpha value is -3.90. The number of aromatic nitrogens is 3. The van der Waals surface area contributed by atoms with Gasteiger partial charge in [-0.3, -0.25) is 0 Å². The molecule has 6 nitrogen and oxygen atoms in total. The summed E-state index contributed by atoms with van der Waals surface area (Å²) in [4.78, 5) is 13.5. The van der Waals surface area contributed by atoms with Gasteiger partial charge in [0.05, 0.1) is 11.0 Å². The lowest BCUT2D eigenvalue weighted by Gasteiger charge is -2.15. The molecular formula is C27H20ClN3O3. The molecule has 7 heteroatoms. The van der Waals surface area contributed by atoms with E-state index in [1.807, 2.05) is 67.6 Å². The van der Waals surface area contributed by atoms with Gasteiger partial charge in [-0.1, -0.05) is 66.2 Å². The van der Waals surface area contributed by atoms with E-state index in [0.717, 1.165) is 51.5 Å². The van der Waals surface area contributed by atoms with Crippen LogP contribution in [0.1, 0.15) is 29.9 Å². The second-order valence-corrected chi connectivity index (χ2v) is 8.83. The molecule has 0 N–H and O–H groups in total. The van der Waals surface area contributed by atoms with Crippen LogP contribution in [0.2, 0.25) is 5.15 Å². The molecule has 0 spiro atoms. The maximum absolute atomic E-state index is 13.5. The van der Waals surface area contributed by atoms with Gasteiger partial charge in [-0.15, -0.1) is 10.2 Å². The molecule has 2 aromatic heterocycles. The van der Waals surface area contributed by atoms with E-state index in [1.54, 1.807) is 4.57 Å². The van der Waals surface area contributed by atoms with Crippen LogP contribution in [0.25, 0.3) is 21.8 Å². The number of ether oxygens (including phenoxy) is 2. The fraction of sp³-hybridized carbons (Fsp3) is 0.148. The van der Waals surface area contributed by atoms with Crippen molar-refractivity contribution in [1.82, 2.24) is 14.8 Å². The summed E-state index contributed by atoms with van der Waals surface area (Å²) in [5.74, 6) is 1.39. The molecule has 0 amide bonds. The Labute approximate surface area is 200 Å². The summed E-state index contributed by atoms with van der Waals surface area (Å²) in [6, 6.07) is 22.9. The molecule has 0 aliphatic heterocycles. The van der Waals surface area contributed by atoms with Gasteiger partial charge in [0.25, 0.3) is 5.88 Å². The lowest BCUT2D eigenvalue weighted by atomic mass is 10.1. The van der Waals surface area contributed by atoms with Crippen molar-refractivity contribution >= 4 is 39.5 Å². The molecule has 34 heavy (non-hydrogen) atoms. The highest BCUT2D eigenvalue weighted by atomic mass is 35.5. The highest BCUT2D eigenvalue weighted by Crippen LogP contribution is 2.47. The van der Waals surface area contributed by atoms with Gasteiger partial charge in [-0.05, 0) is 48.9 Å². The maximum atomic E-state index is 13.5. The highest BCUT2D eigenvalue weighted by Gasteiger charge is 2.29. The molecule has 0 bridgehead atoms. The van der Waals surface area contributed by atoms with E-state index in [9.17, 15) is 4.79 Å². The largest absolute Gasteiger partial charge is 0.434 e. The monoisotopic (exact) mass is 469 g/mol. The van der Waals surface area contributed by atoms with Crippen molar-refractivity contribution in [2.75, 3.05) is 0 Å². The topological polar surface area (TPSA) is 66.2 Å². The molecular weight excluding hydrogens is 450 g/mol. The van der Waals surface area contributed by atoms with Gasteiger partial charge in [0, 0.05) is 16.8 Å². The first kappa shape index (κ1) is 20.7. The number of aryl methyl sites for hydroxylation is 1. The van der Waals surface area contributed by atoms with Crippen LogP contribution >= 0.6 is 11.6 Å². The zero-order valence-electron chi connectivity index (χ0n) is 18.4. The van der Waals surface area contributed by atoms with Gasteiger partial charge in [0.15, 0.2) is 10.9 Å². The number of carbonyl (C=O) groups is 1. The maximum Gasteiger partial charge on any atom is 0.424 e. The lowest BCUT2D eigenvalue weighted by Crippen LogP contribution is -2.17. The summed E-state index contributed by atoms with van der Waals surface area (Å²) < 4.78 is 13.6. The van der Waals surface area contributed by atoms with E-state index < -0.39 is 6.09 Å². The van der Waals surface area contributed by atoms with Gasteiger partial charge in [0.2, 0.25) is 0 Å². The predicted octanol–water partition coefficient (Wildman–Crippen LogP) is 7.26. The Morgan fingerprint density at radius 1 is 0.941 bits per heavy atom. The number of benzene rings is 3. The van der Waals surface area contributed by atoms with Crippen molar-refractivity contribution in [3.8, 4) is 17.4 Å². The van der Waals surface area contributed by atoms with Crippen LogP contribution in [-0.2, 0) is 0 Å². The number of fused-ring (bicyclic) bond motifs is 3. The minimum Gasteiger partial charge on any atom is -0.434 e. The number of halogens is 1. The molecule has 5 aromatic rings. The quantitative estimate of drug-likeness (QED) is 0.277. The first-order valence-corrected chi connectivity index (χ1v) is 11.5. The Morgan fingerprint density at radius 2 is 1.62 bits per heavy atom. The minimum atomic E-state index is -0.585. The Bertz CT molecular complexity index is 1520. The zero-order chi connectivity index (χ0) is 23.2. The molecule has 6 rings (SSSR count). The van der Waals surface area contributed by atoms with E-state index in [2.05, 4.69) is 16.3 Å². The summed E-state index contributed by atoms with van der Waals surface area (Å²) in [7, 11) is 0. The summed E-state index contributed by atoms with van der Waals surface area (Å²) in [6.45, 7) is 1.98. The first-order valence-electron chi connectivity index (χ1n) is 11.1. The summed E-state index contributed by atoms with van der Waals surface area (Å²) >= 11 is 6.11. The standard InChI is InChI=1S/C27H20ClN3O3/c1-16-7-6-10-18(17-13-14-17)25(16)34-26-23(15-24(28)29-30-26)33-27(32)31-21-11-4-2-8-19(21)20-9-3-5-12-22(20)31/h2-12,15,17H,13-14H2,1H3. The Balaban J connectivity index is 1.41. The second-order valence-electron chi connectivity index (χ2n) is 8.44. The number of nitrogens with zero attached hydrogens (tertiary/aromatic N) is 3. The molecule has 0 radical (unpaired) electrons. The van der Waals surface area contributed by atoms with E-state index in [0.29, 0.717) is 5.92 Å². The van der Waals surface area contributed by atoms with Gasteiger partial charge in [-0.2, -0.15) is 0 Å². The van der Waals surface area contributed by atoms with Crippen LogP contribution in [0.5, 0.6) is 17.4 Å². The van der Waals surface area contributed by atoms with Gasteiger partial charge >= 0.3 is 6.09 Å². The van der Waals surface area contributed by atoms with Crippen molar-refractivity contribution in [2.24, 2.45) is 0 Å². The molecule has 0 saturated heterocycles. The molecule has 2 heterocycles. The Morgan fingerprint density at radius 3 is 2.29 bits per heavy atom. The average Bonchev–Trinajstić information content (AvgIpc) is 3.63. The number of hydrogen-bond donors (Lipinski definition) is 0. The van der Waals surface area contributed by atoms with E-state index in [-0.39, 0.29) is 16.8 Å². The smallest absolute Gasteiger partial charge is 0.424 e. The fourth-order valence-corrected chi connectivity index (χ4v) is 4.51. The van der Waals surface area contributed by atoms with Crippen LogP contribution in [0.3, 0.4) is 0 Å². The third kappa shape index (κ3) is 3.56. The third-order valence-electron chi connectivity index (χ3n) is 6.12. The van der Waals surface area contributed by atoms with Crippen LogP contribution < -0.4 is 9.47 Å². The summed E-state index contributed by atoms with van der Waals surface area (Å²) in [5, 5.41) is 10.1. The molecule has 1 saturated carbocycles. The van der Waals surface area contributed by atoms with Crippen LogP contribution in [0, 0.1) is 6.92 Å². The number of hydrogen-bond acceptors (Lipinski definition) is 5. The normalized spacial score (nSPS) is 13.4. The number of para-hydroxylation sites is 3. The van der Waals surface area contributed by atoms with E-state index in [4.69, 9.17) is 21.1 Å². The zero-order valence-corrected chi connectivity index (χ0v) is 19.1. The third-order valence-corrected chi connectivity index (χ3v) is 6.30. The molecule has 1 aliphatic rings. The average molecular weight is 470 g/mol. The second kappa shape index (κ2) is 8.15. The summed E-state index contributed by atoms with van der Waals surface area (Å²) in [5.41, 5.74) is 3.59. The van der Waals surface area contributed by atoms with Crippen LogP contribution in [-0.4, -0.2) is 20.9 Å². The number of rotatable bonds is 4. The molecule has 168 valence electrons. The number of carbonyl (C=O) groups excluding carboxylic acids is 1. The van der Waals surface area contributed by atoms with E-state index >= 15 is 0 Å². The SMILES string of the molecule is Cc1cccc(C2CC2)c1Oc1nnc(Cl)cc1OC(=O)n1c2ccccc2c2ccccc21. The van der Waals surface area contributed by atoms with Crippen LogP contribution in [0.15, 0.2) is 72.8 Å². The van der Waals surface area contributed by atoms with Gasteiger partial charge < -0.3 is 9.47 Å². The van der Waals surface area contributed by atoms with E-state index in [1.165, 1.54) is 6.07 Å². The van der Waals surface area contributed by atoms with Crippen molar-refractivity contribution < 1.29 is 14.3 Å². The Kier molecular flexibility index (Phi) is 4.96. The van der Waals surface area contributed by atoms with Gasteiger partial charge in [-0.25, -0.2) is 9.36 Å². The highest BCUT2D eigenvalue weighted by molar-refractivity contribution is 6.29. The first-order chi connectivity index (χ1) is 16.6. The van der Waals surface area contributed by atoms with Crippen molar-refractivity contribution in [1.29, 1.82) is 0 Å². The predicted molar refractivity (Wildman–Crippen MR) is 131 cm³/mol. The lowest BCUT2D eigenvalue weighted by molar-refractivity contribution is 0.202. The van der Waals surface area contributed by atoms with Crippen molar-refractivity contribution in [3.05, 3.63) is 89.1 Å². The summed E-state index contributed by atoms with van der Waals surface area (Å²) in [6.07, 6.45) is 1.67. The van der Waals surface area contributed by atoms with Gasteiger partial charge in [0.1, 0.15) is 5.75 Å². The van der Waals surface area contributed by atoms with Crippen molar-refractivity contribution in [2.45, 2.75) is 25.7 Å². The molecule has 1 aliphatic carbocycles. The molecule has 1 fully saturated rings. The molecule has 0 unspecified atom stereocenters. The van der Waals surface area contributed by atoms with Crippen molar-refractivity contribution in [3.63, 3.8) is 0 Å². The van der Waals surface area contributed by atoms with Crippen LogP contribution in [0.4, 0.5) is 4.79 Å². The molecule has 0 atom stereocenters. The minimum absolute atomic E-state index is 0.0923. The molecule has 3 aromatic carbocycles. The fourth-order valence-electron chi connectivity index (χ4n) is 4.37.